The summed E-state index contributed by atoms with van der Waals surface area (Å²) in [5.41, 5.74) is 5.84. The number of benzene rings is 3. The molecule has 0 aliphatic heterocycles. The number of nitrogens with one attached hydrogen (secondary N) is 4. The van der Waals surface area contributed by atoms with Gasteiger partial charge in [-0.1, -0.05) is 42.5 Å². The molecule has 0 saturated heterocycles. The summed E-state index contributed by atoms with van der Waals surface area (Å²) in [5, 5.41) is 20.1. The quantitative estimate of drug-likeness (QED) is 0.162. The van der Waals surface area contributed by atoms with Crippen LogP contribution in [0.3, 0.4) is 0 Å². The van der Waals surface area contributed by atoms with Gasteiger partial charge in [-0.15, -0.1) is 13.2 Å². The Labute approximate surface area is 215 Å². The summed E-state index contributed by atoms with van der Waals surface area (Å²) in [4.78, 5) is 27.9. The van der Waals surface area contributed by atoms with Gasteiger partial charge in [0, 0.05) is 48.0 Å². The lowest BCUT2D eigenvalue weighted by molar-refractivity contribution is 0.0697. The number of aromatic nitrogens is 1. The van der Waals surface area contributed by atoms with Crippen LogP contribution in [-0.2, 0) is 6.42 Å². The van der Waals surface area contributed by atoms with Crippen molar-refractivity contribution in [3.05, 3.63) is 109 Å². The van der Waals surface area contributed by atoms with Crippen molar-refractivity contribution < 1.29 is 14.7 Å². The highest BCUT2D eigenvalue weighted by atomic mass is 16.4. The average Bonchev–Trinajstić information content (AvgIpc) is 3.32. The summed E-state index contributed by atoms with van der Waals surface area (Å²) in [6.45, 7) is 8.92. The molecule has 0 fully saturated rings. The minimum atomic E-state index is -0.992. The lowest BCUT2D eigenvalue weighted by Gasteiger charge is -2.14. The molecular formula is C30H30N4O3. The van der Waals surface area contributed by atoms with Crippen molar-refractivity contribution in [2.45, 2.75) is 6.42 Å². The van der Waals surface area contributed by atoms with Crippen LogP contribution in [0.2, 0.25) is 0 Å². The smallest absolute Gasteiger partial charge is 0.337 e. The first kappa shape index (κ1) is 25.3. The second kappa shape index (κ2) is 11.8. The number of para-hydroxylation sites is 2. The van der Waals surface area contributed by atoms with Gasteiger partial charge in [0.15, 0.2) is 0 Å². The Hall–Kier alpha value is -4.78. The Balaban J connectivity index is 1.55. The van der Waals surface area contributed by atoms with E-state index < -0.39 is 5.97 Å². The predicted octanol–water partition coefficient (Wildman–Crippen LogP) is 5.70. The third-order valence-electron chi connectivity index (χ3n) is 6.08. The zero-order valence-electron chi connectivity index (χ0n) is 20.5. The van der Waals surface area contributed by atoms with E-state index in [9.17, 15) is 14.7 Å². The summed E-state index contributed by atoms with van der Waals surface area (Å²) in [7, 11) is 0. The number of amides is 1. The number of carboxylic acid groups (broad SMARTS) is 1. The lowest BCUT2D eigenvalue weighted by Crippen LogP contribution is -2.26. The van der Waals surface area contributed by atoms with E-state index in [0.29, 0.717) is 37.3 Å². The summed E-state index contributed by atoms with van der Waals surface area (Å²) in [5.74, 6) is -1.13. The molecule has 0 saturated carbocycles. The molecule has 1 aromatic heterocycles. The predicted molar refractivity (Wildman–Crippen MR) is 151 cm³/mol. The monoisotopic (exact) mass is 494 g/mol. The molecule has 5 N–H and O–H groups in total. The van der Waals surface area contributed by atoms with Gasteiger partial charge in [-0.25, -0.2) is 4.79 Å². The van der Waals surface area contributed by atoms with Crippen molar-refractivity contribution in [3.8, 4) is 11.1 Å². The molecule has 0 aliphatic carbocycles. The van der Waals surface area contributed by atoms with E-state index in [1.807, 2.05) is 42.6 Å². The fourth-order valence-electron chi connectivity index (χ4n) is 4.31. The highest BCUT2D eigenvalue weighted by Crippen LogP contribution is 2.34. The third-order valence-corrected chi connectivity index (χ3v) is 6.08. The molecule has 3 aromatic carbocycles. The normalized spacial score (nSPS) is 10.6. The van der Waals surface area contributed by atoms with Gasteiger partial charge in [-0.2, -0.15) is 0 Å². The van der Waals surface area contributed by atoms with Gasteiger partial charge in [-0.05, 0) is 47.9 Å². The van der Waals surface area contributed by atoms with Crippen LogP contribution in [0.15, 0.2) is 92.2 Å². The summed E-state index contributed by atoms with van der Waals surface area (Å²) >= 11 is 0. The fraction of sp³-hybridized carbons (Fsp3) is 0.133. The minimum Gasteiger partial charge on any atom is -0.478 e. The van der Waals surface area contributed by atoms with Crippen LogP contribution in [0.4, 0.5) is 11.4 Å². The van der Waals surface area contributed by atoms with Crippen LogP contribution in [0.25, 0.3) is 22.0 Å². The highest BCUT2D eigenvalue weighted by molar-refractivity contribution is 6.01. The number of aromatic carboxylic acids is 1. The molecule has 1 amide bonds. The number of rotatable bonds is 12. The van der Waals surface area contributed by atoms with Crippen molar-refractivity contribution in [1.29, 1.82) is 0 Å². The Morgan fingerprint density at radius 1 is 0.919 bits per heavy atom. The van der Waals surface area contributed by atoms with Gasteiger partial charge in [0.25, 0.3) is 5.91 Å². The van der Waals surface area contributed by atoms with Gasteiger partial charge in [-0.3, -0.25) is 4.79 Å². The van der Waals surface area contributed by atoms with Crippen molar-refractivity contribution in [2.24, 2.45) is 0 Å². The number of carbonyl (C=O) groups excluding carboxylic acids is 1. The molecule has 0 unspecified atom stereocenters. The number of fused-ring (bicyclic) bond motifs is 1. The highest BCUT2D eigenvalue weighted by Gasteiger charge is 2.16. The SMILES string of the molecule is C=CCNc1ccccc1C(=O)NCCc1c[nH]c2ccc(-c3cccc(C(=O)O)c3NCC=C)cc12. The van der Waals surface area contributed by atoms with E-state index in [4.69, 9.17) is 0 Å². The van der Waals surface area contributed by atoms with Crippen LogP contribution in [0.5, 0.6) is 0 Å². The van der Waals surface area contributed by atoms with E-state index >= 15 is 0 Å². The number of anilines is 2. The van der Waals surface area contributed by atoms with Gasteiger partial charge < -0.3 is 26.0 Å². The van der Waals surface area contributed by atoms with Gasteiger partial charge in [0.05, 0.1) is 16.8 Å². The Kier molecular flexibility index (Phi) is 8.05. The van der Waals surface area contributed by atoms with Gasteiger partial charge >= 0.3 is 5.97 Å². The molecule has 0 bridgehead atoms. The molecule has 4 aromatic rings. The van der Waals surface area contributed by atoms with E-state index in [0.717, 1.165) is 33.3 Å². The Morgan fingerprint density at radius 3 is 2.46 bits per heavy atom. The first-order chi connectivity index (χ1) is 18.0. The molecular weight excluding hydrogens is 464 g/mol. The van der Waals surface area contributed by atoms with Crippen LogP contribution in [0, 0.1) is 0 Å². The molecule has 0 atom stereocenters. The average molecular weight is 495 g/mol. The lowest BCUT2D eigenvalue weighted by atomic mass is 9.97. The maximum atomic E-state index is 12.8. The molecule has 7 nitrogen and oxygen atoms in total. The molecule has 188 valence electrons. The third kappa shape index (κ3) is 5.73. The van der Waals surface area contributed by atoms with Crippen molar-refractivity contribution in [1.82, 2.24) is 10.3 Å². The summed E-state index contributed by atoms with van der Waals surface area (Å²) in [6.07, 6.45) is 6.02. The Bertz CT molecular complexity index is 1450. The Morgan fingerprint density at radius 2 is 1.68 bits per heavy atom. The zero-order chi connectivity index (χ0) is 26.2. The van der Waals surface area contributed by atoms with E-state index in [1.54, 1.807) is 30.4 Å². The van der Waals surface area contributed by atoms with Crippen LogP contribution in [-0.4, -0.2) is 41.6 Å². The minimum absolute atomic E-state index is 0.142. The van der Waals surface area contributed by atoms with Gasteiger partial charge in [0.1, 0.15) is 0 Å². The van der Waals surface area contributed by atoms with Crippen molar-refractivity contribution >= 4 is 34.2 Å². The van der Waals surface area contributed by atoms with Crippen molar-refractivity contribution in [2.75, 3.05) is 30.3 Å². The first-order valence-corrected chi connectivity index (χ1v) is 12.1. The number of carbonyl (C=O) groups is 2. The van der Waals surface area contributed by atoms with E-state index in [1.165, 1.54) is 0 Å². The van der Waals surface area contributed by atoms with Crippen LogP contribution >= 0.6 is 0 Å². The number of H-pyrrole nitrogens is 1. The topological polar surface area (TPSA) is 106 Å². The van der Waals surface area contributed by atoms with E-state index in [-0.39, 0.29) is 11.5 Å². The van der Waals surface area contributed by atoms with Crippen LogP contribution in [0.1, 0.15) is 26.3 Å². The molecule has 37 heavy (non-hydrogen) atoms. The maximum absolute atomic E-state index is 12.8. The number of hydrogen-bond acceptors (Lipinski definition) is 4. The number of hydrogen-bond donors (Lipinski definition) is 5. The fourth-order valence-corrected chi connectivity index (χ4v) is 4.31. The number of aromatic amines is 1. The molecule has 0 spiro atoms. The largest absolute Gasteiger partial charge is 0.478 e. The van der Waals surface area contributed by atoms with Gasteiger partial charge in [0.2, 0.25) is 0 Å². The van der Waals surface area contributed by atoms with Crippen LogP contribution < -0.4 is 16.0 Å². The van der Waals surface area contributed by atoms with Crippen molar-refractivity contribution in [3.63, 3.8) is 0 Å². The molecule has 4 rings (SSSR count). The molecule has 0 aliphatic rings. The standard InChI is InChI=1S/C30H30N4O3/c1-3-15-31-26-11-6-5-8-23(26)29(35)33-17-14-21-19-34-27-13-12-20(18-25(21)27)22-9-7-10-24(30(36)37)28(22)32-16-4-2/h3-13,18-19,31-32,34H,1-2,14-17H2,(H,33,35)(H,36,37). The number of carboxylic acids is 1. The second-order valence-electron chi connectivity index (χ2n) is 8.50. The molecule has 7 heteroatoms. The first-order valence-electron chi connectivity index (χ1n) is 12.1. The van der Waals surface area contributed by atoms with E-state index in [2.05, 4.69) is 40.2 Å². The molecule has 1 heterocycles. The second-order valence-corrected chi connectivity index (χ2v) is 8.50. The summed E-state index contributed by atoms with van der Waals surface area (Å²) in [6, 6.07) is 18.6. The molecule has 0 radical (unpaired) electrons. The summed E-state index contributed by atoms with van der Waals surface area (Å²) < 4.78 is 0. The zero-order valence-corrected chi connectivity index (χ0v) is 20.5. The maximum Gasteiger partial charge on any atom is 0.337 e.